The molecule has 124 valence electrons. The molecule has 0 radical (unpaired) electrons. The Morgan fingerprint density at radius 2 is 1.92 bits per heavy atom. The zero-order chi connectivity index (χ0) is 16.7. The van der Waals surface area contributed by atoms with Gasteiger partial charge in [0.05, 0.1) is 11.5 Å². The second-order valence-electron chi connectivity index (χ2n) is 6.70. The third-order valence-corrected chi connectivity index (χ3v) is 5.32. The largest absolute Gasteiger partial charge is 0.365 e. The number of anilines is 1. The number of aryl methyl sites for hydroxylation is 1. The molecule has 2 aromatic rings. The summed E-state index contributed by atoms with van der Waals surface area (Å²) in [6.45, 7) is 3.33. The highest BCUT2D eigenvalue weighted by Gasteiger charge is 2.38. The first-order valence-electron chi connectivity index (χ1n) is 8.48. The van der Waals surface area contributed by atoms with Gasteiger partial charge in [-0.2, -0.15) is 0 Å². The van der Waals surface area contributed by atoms with Crippen molar-refractivity contribution < 1.29 is 9.59 Å². The summed E-state index contributed by atoms with van der Waals surface area (Å²) in [6.07, 6.45) is 3.53. The number of aromatic amines is 1. The number of fused-ring (bicyclic) bond motifs is 1. The van der Waals surface area contributed by atoms with E-state index in [2.05, 4.69) is 10.3 Å². The molecule has 1 saturated heterocycles. The molecule has 1 unspecified atom stereocenters. The Bertz CT molecular complexity index is 787. The Hall–Kier alpha value is -2.56. The minimum atomic E-state index is -0.0764. The minimum absolute atomic E-state index is 0.0764. The van der Waals surface area contributed by atoms with E-state index < -0.39 is 0 Å². The van der Waals surface area contributed by atoms with Crippen molar-refractivity contribution in [1.82, 2.24) is 9.88 Å². The fourth-order valence-electron chi connectivity index (χ4n) is 3.99. The number of hydrogen-bond acceptors (Lipinski definition) is 2. The van der Waals surface area contributed by atoms with Crippen LogP contribution in [-0.2, 0) is 4.79 Å². The minimum Gasteiger partial charge on any atom is -0.365 e. The van der Waals surface area contributed by atoms with Gasteiger partial charge in [-0.3, -0.25) is 9.59 Å². The number of amides is 2. The predicted octanol–water partition coefficient (Wildman–Crippen LogP) is 2.91. The van der Waals surface area contributed by atoms with Crippen molar-refractivity contribution in [3.8, 4) is 0 Å². The van der Waals surface area contributed by atoms with Gasteiger partial charge in [0.1, 0.15) is 0 Å². The highest BCUT2D eigenvalue weighted by atomic mass is 16.2. The molecule has 2 amide bonds. The van der Waals surface area contributed by atoms with Gasteiger partial charge >= 0.3 is 0 Å². The average molecular weight is 323 g/mol. The van der Waals surface area contributed by atoms with Gasteiger partial charge in [0.25, 0.3) is 5.91 Å². The van der Waals surface area contributed by atoms with Gasteiger partial charge in [0.2, 0.25) is 5.91 Å². The second kappa shape index (κ2) is 5.82. The number of carbonyl (C=O) groups is 2. The highest BCUT2D eigenvalue weighted by molar-refractivity contribution is 6.03. The van der Waals surface area contributed by atoms with Crippen LogP contribution in [0.25, 0.3) is 0 Å². The van der Waals surface area contributed by atoms with E-state index in [1.165, 1.54) is 0 Å². The number of nitrogens with one attached hydrogen (secondary N) is 2. The van der Waals surface area contributed by atoms with E-state index in [9.17, 15) is 9.59 Å². The number of H-pyrrole nitrogens is 1. The van der Waals surface area contributed by atoms with Crippen molar-refractivity contribution in [1.29, 1.82) is 0 Å². The van der Waals surface area contributed by atoms with Gasteiger partial charge in [0, 0.05) is 30.7 Å². The fraction of sp³-hybridized carbons (Fsp3) is 0.368. The Kier molecular flexibility index (Phi) is 3.63. The molecule has 1 atom stereocenters. The summed E-state index contributed by atoms with van der Waals surface area (Å²) in [5.74, 6) is 0.406. The van der Waals surface area contributed by atoms with Crippen LogP contribution >= 0.6 is 0 Å². The summed E-state index contributed by atoms with van der Waals surface area (Å²) in [5.41, 5.74) is 3.70. The molecule has 2 N–H and O–H groups in total. The molecule has 2 aliphatic heterocycles. The normalized spacial score (nSPS) is 20.8. The first-order chi connectivity index (χ1) is 11.6. The van der Waals surface area contributed by atoms with E-state index >= 15 is 0 Å². The predicted molar refractivity (Wildman–Crippen MR) is 92.0 cm³/mol. The van der Waals surface area contributed by atoms with Crippen LogP contribution in [0.5, 0.6) is 0 Å². The van der Waals surface area contributed by atoms with E-state index in [0.29, 0.717) is 19.0 Å². The molecule has 0 saturated carbocycles. The van der Waals surface area contributed by atoms with Crippen molar-refractivity contribution in [2.24, 2.45) is 5.92 Å². The topological polar surface area (TPSA) is 65.2 Å². The zero-order valence-electron chi connectivity index (χ0n) is 13.7. The smallest absolute Gasteiger partial charge is 0.255 e. The first kappa shape index (κ1) is 15.0. The SMILES string of the molecule is Cc1[nH]ccc1C(=O)N1CCC(C2C(=O)Nc3ccccc32)CC1. The van der Waals surface area contributed by atoms with Crippen LogP contribution in [-0.4, -0.2) is 34.8 Å². The van der Waals surface area contributed by atoms with Crippen LogP contribution in [0.4, 0.5) is 5.69 Å². The van der Waals surface area contributed by atoms with Gasteiger partial charge in [0.15, 0.2) is 0 Å². The standard InChI is InChI=1S/C19H21N3O2/c1-12-14(6-9-20-12)19(24)22-10-7-13(8-11-22)17-15-4-2-3-5-16(15)21-18(17)23/h2-6,9,13,17,20H,7-8,10-11H2,1H3,(H,21,23). The number of hydrogen-bond donors (Lipinski definition) is 2. The quantitative estimate of drug-likeness (QED) is 0.892. The highest BCUT2D eigenvalue weighted by Crippen LogP contribution is 2.41. The summed E-state index contributed by atoms with van der Waals surface area (Å²) >= 11 is 0. The third-order valence-electron chi connectivity index (χ3n) is 5.32. The molecule has 1 fully saturated rings. The molecule has 0 aliphatic carbocycles. The maximum atomic E-state index is 12.6. The van der Waals surface area contributed by atoms with Gasteiger partial charge < -0.3 is 15.2 Å². The number of benzene rings is 1. The maximum absolute atomic E-state index is 12.6. The van der Waals surface area contributed by atoms with Gasteiger partial charge in [-0.25, -0.2) is 0 Å². The Morgan fingerprint density at radius 3 is 2.62 bits per heavy atom. The summed E-state index contributed by atoms with van der Waals surface area (Å²) in [7, 11) is 0. The van der Waals surface area contributed by atoms with Crippen molar-refractivity contribution in [3.63, 3.8) is 0 Å². The summed E-state index contributed by atoms with van der Waals surface area (Å²) < 4.78 is 0. The van der Waals surface area contributed by atoms with Crippen molar-refractivity contribution in [2.75, 3.05) is 18.4 Å². The molecule has 1 aromatic heterocycles. The maximum Gasteiger partial charge on any atom is 0.255 e. The van der Waals surface area contributed by atoms with Crippen LogP contribution < -0.4 is 5.32 Å². The number of aromatic nitrogens is 1. The number of nitrogens with zero attached hydrogens (tertiary/aromatic N) is 1. The van der Waals surface area contributed by atoms with Crippen LogP contribution in [0, 0.1) is 12.8 Å². The number of para-hydroxylation sites is 1. The lowest BCUT2D eigenvalue weighted by atomic mass is 9.80. The molecule has 0 spiro atoms. The second-order valence-corrected chi connectivity index (χ2v) is 6.70. The van der Waals surface area contributed by atoms with Gasteiger partial charge in [-0.05, 0) is 43.4 Å². The summed E-state index contributed by atoms with van der Waals surface area (Å²) in [4.78, 5) is 29.9. The lowest BCUT2D eigenvalue weighted by Gasteiger charge is -2.34. The van der Waals surface area contributed by atoms with Crippen molar-refractivity contribution in [3.05, 3.63) is 53.3 Å². The van der Waals surface area contributed by atoms with Crippen molar-refractivity contribution in [2.45, 2.75) is 25.7 Å². The average Bonchev–Trinajstić information content (AvgIpc) is 3.16. The summed E-state index contributed by atoms with van der Waals surface area (Å²) in [6, 6.07) is 9.77. The Morgan fingerprint density at radius 1 is 1.17 bits per heavy atom. The lowest BCUT2D eigenvalue weighted by molar-refractivity contribution is -0.118. The van der Waals surface area contributed by atoms with E-state index in [1.807, 2.05) is 42.2 Å². The molecule has 24 heavy (non-hydrogen) atoms. The molecule has 0 bridgehead atoms. The number of piperidine rings is 1. The molecule has 2 aliphatic rings. The lowest BCUT2D eigenvalue weighted by Crippen LogP contribution is -2.40. The number of likely N-dealkylation sites (tertiary alicyclic amines) is 1. The van der Waals surface area contributed by atoms with E-state index in [-0.39, 0.29) is 17.7 Å². The zero-order valence-corrected chi connectivity index (χ0v) is 13.7. The van der Waals surface area contributed by atoms with Crippen LogP contribution in [0.1, 0.15) is 40.4 Å². The molecule has 5 nitrogen and oxygen atoms in total. The summed E-state index contributed by atoms with van der Waals surface area (Å²) in [5, 5.41) is 2.98. The van der Waals surface area contributed by atoms with E-state index in [1.54, 1.807) is 6.20 Å². The monoisotopic (exact) mass is 323 g/mol. The molecular formula is C19H21N3O2. The molecule has 3 heterocycles. The van der Waals surface area contributed by atoms with E-state index in [0.717, 1.165) is 35.3 Å². The number of rotatable bonds is 2. The Labute approximate surface area is 141 Å². The molecule has 5 heteroatoms. The van der Waals surface area contributed by atoms with Crippen molar-refractivity contribution >= 4 is 17.5 Å². The van der Waals surface area contributed by atoms with Crippen LogP contribution in [0.15, 0.2) is 36.5 Å². The first-order valence-corrected chi connectivity index (χ1v) is 8.48. The van der Waals surface area contributed by atoms with Crippen LogP contribution in [0.2, 0.25) is 0 Å². The van der Waals surface area contributed by atoms with Gasteiger partial charge in [-0.15, -0.1) is 0 Å². The van der Waals surface area contributed by atoms with Gasteiger partial charge in [-0.1, -0.05) is 18.2 Å². The number of carbonyl (C=O) groups excluding carboxylic acids is 2. The molecule has 1 aromatic carbocycles. The molecule has 4 rings (SSSR count). The van der Waals surface area contributed by atoms with Crippen LogP contribution in [0.3, 0.4) is 0 Å². The van der Waals surface area contributed by atoms with E-state index in [4.69, 9.17) is 0 Å². The Balaban J connectivity index is 1.46. The molecular weight excluding hydrogens is 302 g/mol. The fourth-order valence-corrected chi connectivity index (χ4v) is 3.99. The third kappa shape index (κ3) is 2.40.